The van der Waals surface area contributed by atoms with E-state index in [1.165, 1.54) is 16.0 Å². The highest BCUT2D eigenvalue weighted by atomic mass is 32.1. The maximum atomic E-state index is 12.4. The Kier molecular flexibility index (Phi) is 6.03. The van der Waals surface area contributed by atoms with Crippen LogP contribution in [0.4, 0.5) is 5.69 Å². The number of fused-ring (bicyclic) bond motifs is 1. The summed E-state index contributed by atoms with van der Waals surface area (Å²) in [7, 11) is 0. The van der Waals surface area contributed by atoms with Gasteiger partial charge in [-0.15, -0.1) is 11.3 Å². The second-order valence-electron chi connectivity index (χ2n) is 7.05. The molecular formula is C23H23N3O2S. The Balaban J connectivity index is 1.42. The molecule has 4 rings (SSSR count). The number of benzene rings is 2. The van der Waals surface area contributed by atoms with Crippen LogP contribution in [0.2, 0.25) is 0 Å². The second kappa shape index (κ2) is 9.03. The normalized spacial score (nSPS) is 14.6. The standard InChI is InChI=1S/C23H23N3O2S/c27-22(23(28)25-19-9-2-1-3-10-19)24-15-20(21-11-6-14-29-21)26-13-12-17-7-4-5-8-18(17)16-26/h1-11,14,20H,12-13,15-16H2,(H,24,27)(H,25,28)/t20-/m0/s1. The molecule has 5 nitrogen and oxygen atoms in total. The van der Waals surface area contributed by atoms with Crippen LogP contribution in [0, 0.1) is 0 Å². The molecular weight excluding hydrogens is 382 g/mol. The number of carbonyl (C=O) groups is 2. The van der Waals surface area contributed by atoms with Crippen molar-refractivity contribution >= 4 is 28.8 Å². The van der Waals surface area contributed by atoms with Gasteiger partial charge in [-0.1, -0.05) is 48.5 Å². The topological polar surface area (TPSA) is 61.4 Å². The van der Waals surface area contributed by atoms with Crippen molar-refractivity contribution in [2.45, 2.75) is 19.0 Å². The van der Waals surface area contributed by atoms with E-state index in [-0.39, 0.29) is 6.04 Å². The van der Waals surface area contributed by atoms with Crippen molar-refractivity contribution in [1.29, 1.82) is 0 Å². The van der Waals surface area contributed by atoms with E-state index in [2.05, 4.69) is 45.9 Å². The molecule has 0 saturated carbocycles. The quantitative estimate of drug-likeness (QED) is 0.638. The maximum absolute atomic E-state index is 12.4. The number of anilines is 1. The third kappa shape index (κ3) is 4.72. The van der Waals surface area contributed by atoms with Crippen LogP contribution in [0.5, 0.6) is 0 Å². The van der Waals surface area contributed by atoms with Gasteiger partial charge in [0.2, 0.25) is 0 Å². The van der Waals surface area contributed by atoms with Crippen molar-refractivity contribution in [2.75, 3.05) is 18.4 Å². The largest absolute Gasteiger partial charge is 0.346 e. The molecule has 0 bridgehead atoms. The number of nitrogens with one attached hydrogen (secondary N) is 2. The minimum atomic E-state index is -0.648. The zero-order valence-electron chi connectivity index (χ0n) is 16.0. The van der Waals surface area contributed by atoms with Crippen LogP contribution in [0.1, 0.15) is 22.0 Å². The van der Waals surface area contributed by atoms with Crippen LogP contribution in [-0.4, -0.2) is 29.8 Å². The first-order valence-corrected chi connectivity index (χ1v) is 10.6. The van der Waals surface area contributed by atoms with Crippen LogP contribution in [0.15, 0.2) is 72.1 Å². The van der Waals surface area contributed by atoms with E-state index in [0.717, 1.165) is 19.5 Å². The molecule has 148 valence electrons. The van der Waals surface area contributed by atoms with Gasteiger partial charge in [-0.3, -0.25) is 14.5 Å². The van der Waals surface area contributed by atoms with Crippen molar-refractivity contribution in [3.63, 3.8) is 0 Å². The van der Waals surface area contributed by atoms with Crippen molar-refractivity contribution < 1.29 is 9.59 Å². The van der Waals surface area contributed by atoms with Gasteiger partial charge in [0.05, 0.1) is 6.04 Å². The summed E-state index contributed by atoms with van der Waals surface area (Å²) in [5, 5.41) is 7.50. The summed E-state index contributed by atoms with van der Waals surface area (Å²) in [6, 6.07) is 21.6. The van der Waals surface area contributed by atoms with Gasteiger partial charge in [-0.25, -0.2) is 0 Å². The number of nitrogens with zero attached hydrogens (tertiary/aromatic N) is 1. The number of hydrogen-bond donors (Lipinski definition) is 2. The highest BCUT2D eigenvalue weighted by Crippen LogP contribution is 2.30. The fraction of sp³-hybridized carbons (Fsp3) is 0.217. The van der Waals surface area contributed by atoms with Crippen molar-refractivity contribution in [1.82, 2.24) is 10.2 Å². The van der Waals surface area contributed by atoms with Crippen molar-refractivity contribution in [3.05, 3.63) is 88.1 Å². The summed E-state index contributed by atoms with van der Waals surface area (Å²) in [5.41, 5.74) is 3.32. The predicted octanol–water partition coefficient (Wildman–Crippen LogP) is 3.60. The Morgan fingerprint density at radius 2 is 1.69 bits per heavy atom. The van der Waals surface area contributed by atoms with Gasteiger partial charge in [0.1, 0.15) is 0 Å². The molecule has 0 aliphatic carbocycles. The Morgan fingerprint density at radius 3 is 2.45 bits per heavy atom. The first-order chi connectivity index (χ1) is 14.2. The molecule has 1 aliphatic heterocycles. The molecule has 0 spiro atoms. The molecule has 0 fully saturated rings. The molecule has 6 heteroatoms. The summed E-state index contributed by atoms with van der Waals surface area (Å²) in [6.45, 7) is 2.15. The minimum Gasteiger partial charge on any atom is -0.346 e. The fourth-order valence-corrected chi connectivity index (χ4v) is 4.51. The van der Waals surface area contributed by atoms with Gasteiger partial charge < -0.3 is 10.6 Å². The van der Waals surface area contributed by atoms with Crippen LogP contribution in [0.3, 0.4) is 0 Å². The van der Waals surface area contributed by atoms with Crippen LogP contribution < -0.4 is 10.6 Å². The number of rotatable bonds is 5. The number of thiophene rings is 1. The highest BCUT2D eigenvalue weighted by molar-refractivity contribution is 7.10. The lowest BCUT2D eigenvalue weighted by Gasteiger charge is -2.35. The monoisotopic (exact) mass is 405 g/mol. The summed E-state index contributed by atoms with van der Waals surface area (Å²) >= 11 is 1.68. The summed E-state index contributed by atoms with van der Waals surface area (Å²) in [6.07, 6.45) is 0.987. The Morgan fingerprint density at radius 1 is 0.931 bits per heavy atom. The van der Waals surface area contributed by atoms with E-state index in [9.17, 15) is 9.59 Å². The fourth-order valence-electron chi connectivity index (χ4n) is 3.65. The Bertz CT molecular complexity index is 973. The van der Waals surface area contributed by atoms with E-state index in [4.69, 9.17) is 0 Å². The molecule has 2 amide bonds. The Hall–Kier alpha value is -2.96. The molecule has 1 atom stereocenters. The number of carbonyl (C=O) groups excluding carboxylic acids is 2. The summed E-state index contributed by atoms with van der Waals surface area (Å²) < 4.78 is 0. The van der Waals surface area contributed by atoms with Crippen LogP contribution in [0.25, 0.3) is 0 Å². The SMILES string of the molecule is O=C(NC[C@@H](c1cccs1)N1CCc2ccccc2C1)C(=O)Nc1ccccc1. The molecule has 1 aromatic heterocycles. The van der Waals surface area contributed by atoms with Gasteiger partial charge >= 0.3 is 11.8 Å². The van der Waals surface area contributed by atoms with Crippen molar-refractivity contribution in [2.24, 2.45) is 0 Å². The maximum Gasteiger partial charge on any atom is 0.313 e. The molecule has 0 radical (unpaired) electrons. The molecule has 2 aromatic carbocycles. The first-order valence-electron chi connectivity index (χ1n) is 9.69. The second-order valence-corrected chi connectivity index (χ2v) is 8.03. The van der Waals surface area contributed by atoms with E-state index in [0.29, 0.717) is 12.2 Å². The van der Waals surface area contributed by atoms with Gasteiger partial charge in [-0.2, -0.15) is 0 Å². The van der Waals surface area contributed by atoms with E-state index < -0.39 is 11.8 Å². The predicted molar refractivity (Wildman–Crippen MR) is 116 cm³/mol. The smallest absolute Gasteiger partial charge is 0.313 e. The zero-order chi connectivity index (χ0) is 20.1. The van der Waals surface area contributed by atoms with E-state index in [1.54, 1.807) is 23.5 Å². The Labute approximate surface area is 174 Å². The summed E-state index contributed by atoms with van der Waals surface area (Å²) in [5.74, 6) is -1.27. The molecule has 2 N–H and O–H groups in total. The molecule has 3 aromatic rings. The lowest BCUT2D eigenvalue weighted by atomic mass is 9.98. The lowest BCUT2D eigenvalue weighted by molar-refractivity contribution is -0.136. The van der Waals surface area contributed by atoms with Crippen molar-refractivity contribution in [3.8, 4) is 0 Å². The summed E-state index contributed by atoms with van der Waals surface area (Å²) in [4.78, 5) is 28.1. The average molecular weight is 406 g/mol. The number of hydrogen-bond acceptors (Lipinski definition) is 4. The minimum absolute atomic E-state index is 0.0387. The lowest BCUT2D eigenvalue weighted by Crippen LogP contribution is -2.43. The number of para-hydroxylation sites is 1. The first kappa shape index (κ1) is 19.4. The zero-order valence-corrected chi connectivity index (χ0v) is 16.8. The highest BCUT2D eigenvalue weighted by Gasteiger charge is 2.26. The third-order valence-electron chi connectivity index (χ3n) is 5.17. The number of amides is 2. The van der Waals surface area contributed by atoms with Crippen LogP contribution >= 0.6 is 11.3 Å². The molecule has 1 aliphatic rings. The molecule has 2 heterocycles. The molecule has 0 unspecified atom stereocenters. The average Bonchev–Trinajstić information content (AvgIpc) is 3.29. The molecule has 29 heavy (non-hydrogen) atoms. The van der Waals surface area contributed by atoms with Gasteiger partial charge in [0.15, 0.2) is 0 Å². The third-order valence-corrected chi connectivity index (χ3v) is 6.14. The van der Waals surface area contributed by atoms with Gasteiger partial charge in [0, 0.05) is 30.2 Å². The van der Waals surface area contributed by atoms with Gasteiger partial charge in [0.25, 0.3) is 0 Å². The van der Waals surface area contributed by atoms with E-state index >= 15 is 0 Å². The van der Waals surface area contributed by atoms with E-state index in [1.807, 2.05) is 29.6 Å². The molecule has 0 saturated heterocycles. The van der Waals surface area contributed by atoms with Crippen LogP contribution in [-0.2, 0) is 22.6 Å². The van der Waals surface area contributed by atoms with Gasteiger partial charge in [-0.05, 0) is 41.1 Å².